The number of benzene rings is 2. The van der Waals surface area contributed by atoms with Gasteiger partial charge in [-0.05, 0) is 60.7 Å². The monoisotopic (exact) mass is 350 g/mol. The lowest BCUT2D eigenvalue weighted by Crippen LogP contribution is -2.14. The molecule has 0 radical (unpaired) electrons. The van der Waals surface area contributed by atoms with Crippen molar-refractivity contribution in [2.75, 3.05) is 29.6 Å². The molecule has 2 aromatic carbocycles. The summed E-state index contributed by atoms with van der Waals surface area (Å²) in [7, 11) is 3.91. The van der Waals surface area contributed by atoms with Crippen LogP contribution in [0.1, 0.15) is 10.5 Å². The molecule has 2 N–H and O–H groups in total. The lowest BCUT2D eigenvalue weighted by Gasteiger charge is -2.13. The molecular formula is C20H19FN4O. The third-order valence-electron chi connectivity index (χ3n) is 3.77. The van der Waals surface area contributed by atoms with Crippen molar-refractivity contribution in [3.8, 4) is 0 Å². The van der Waals surface area contributed by atoms with E-state index < -0.39 is 0 Å². The Morgan fingerprint density at radius 3 is 2.23 bits per heavy atom. The molecule has 0 unspecified atom stereocenters. The Balaban J connectivity index is 1.70. The summed E-state index contributed by atoms with van der Waals surface area (Å²) in [4.78, 5) is 18.5. The maximum atomic E-state index is 13.0. The van der Waals surface area contributed by atoms with Gasteiger partial charge in [0.1, 0.15) is 11.5 Å². The van der Waals surface area contributed by atoms with Crippen LogP contribution in [0.4, 0.5) is 27.1 Å². The van der Waals surface area contributed by atoms with Crippen LogP contribution in [0.15, 0.2) is 66.9 Å². The fourth-order valence-corrected chi connectivity index (χ4v) is 2.37. The van der Waals surface area contributed by atoms with Crippen LogP contribution >= 0.6 is 0 Å². The number of halogens is 1. The van der Waals surface area contributed by atoms with Gasteiger partial charge >= 0.3 is 0 Å². The topological polar surface area (TPSA) is 57.3 Å². The van der Waals surface area contributed by atoms with Gasteiger partial charge in [0, 0.05) is 43.0 Å². The number of hydrogen-bond acceptors (Lipinski definition) is 4. The summed E-state index contributed by atoms with van der Waals surface area (Å²) >= 11 is 0. The predicted octanol–water partition coefficient (Wildman–Crippen LogP) is 4.28. The molecule has 0 saturated carbocycles. The Morgan fingerprint density at radius 2 is 1.58 bits per heavy atom. The second-order valence-corrected chi connectivity index (χ2v) is 5.96. The van der Waals surface area contributed by atoms with E-state index in [9.17, 15) is 9.18 Å². The summed E-state index contributed by atoms with van der Waals surface area (Å²) in [5.41, 5.74) is 3.45. The largest absolute Gasteiger partial charge is 0.378 e. The number of hydrogen-bond donors (Lipinski definition) is 2. The first-order chi connectivity index (χ1) is 12.5. The Labute approximate surface area is 151 Å². The average molecular weight is 350 g/mol. The average Bonchev–Trinajstić information content (AvgIpc) is 2.64. The summed E-state index contributed by atoms with van der Waals surface area (Å²) in [6, 6.07) is 16.9. The van der Waals surface area contributed by atoms with Crippen LogP contribution in [-0.2, 0) is 0 Å². The third-order valence-corrected chi connectivity index (χ3v) is 3.77. The van der Waals surface area contributed by atoms with Crippen LogP contribution in [0.5, 0.6) is 0 Å². The van der Waals surface area contributed by atoms with Crippen LogP contribution in [0.25, 0.3) is 0 Å². The quantitative estimate of drug-likeness (QED) is 0.721. The van der Waals surface area contributed by atoms with Gasteiger partial charge in [-0.3, -0.25) is 9.78 Å². The van der Waals surface area contributed by atoms with Gasteiger partial charge in [0.2, 0.25) is 0 Å². The fourth-order valence-electron chi connectivity index (χ4n) is 2.37. The number of amides is 1. The third kappa shape index (κ3) is 4.36. The zero-order valence-electron chi connectivity index (χ0n) is 14.5. The van der Waals surface area contributed by atoms with Crippen LogP contribution < -0.4 is 15.5 Å². The zero-order valence-corrected chi connectivity index (χ0v) is 14.5. The number of carbonyl (C=O) groups excluding carboxylic acids is 1. The van der Waals surface area contributed by atoms with Gasteiger partial charge in [-0.1, -0.05) is 0 Å². The van der Waals surface area contributed by atoms with E-state index in [1.54, 1.807) is 30.5 Å². The van der Waals surface area contributed by atoms with Gasteiger partial charge in [0.25, 0.3) is 5.91 Å². The van der Waals surface area contributed by atoms with Crippen molar-refractivity contribution >= 4 is 28.7 Å². The highest BCUT2D eigenvalue weighted by Crippen LogP contribution is 2.19. The molecular weight excluding hydrogens is 331 g/mol. The molecule has 0 atom stereocenters. The minimum Gasteiger partial charge on any atom is -0.378 e. The SMILES string of the molecule is CN(C)c1ccc(NC(=O)c2cc(Nc3ccc(F)cc3)ccn2)cc1. The first kappa shape index (κ1) is 17.4. The molecule has 0 fully saturated rings. The number of carbonyl (C=O) groups is 1. The van der Waals surface area contributed by atoms with Gasteiger partial charge in [-0.15, -0.1) is 0 Å². The fraction of sp³-hybridized carbons (Fsp3) is 0.100. The standard InChI is InChI=1S/C20H19FN4O/c1-25(2)18-9-7-16(8-10-18)24-20(26)19-13-17(11-12-22-19)23-15-5-3-14(21)4-6-15/h3-13H,1-2H3,(H,22,23)(H,24,26). The molecule has 5 nitrogen and oxygen atoms in total. The molecule has 3 aromatic rings. The maximum absolute atomic E-state index is 13.0. The number of rotatable bonds is 5. The van der Waals surface area contributed by atoms with Crippen LogP contribution in [0, 0.1) is 5.82 Å². The lowest BCUT2D eigenvalue weighted by atomic mass is 10.2. The van der Waals surface area contributed by atoms with Crippen molar-refractivity contribution in [3.05, 3.63) is 78.4 Å². The van der Waals surface area contributed by atoms with Crippen LogP contribution in [-0.4, -0.2) is 25.0 Å². The minimum atomic E-state index is -0.301. The number of pyridine rings is 1. The summed E-state index contributed by atoms with van der Waals surface area (Å²) in [6.45, 7) is 0. The predicted molar refractivity (Wildman–Crippen MR) is 103 cm³/mol. The van der Waals surface area contributed by atoms with Crippen molar-refractivity contribution in [3.63, 3.8) is 0 Å². The summed E-state index contributed by atoms with van der Waals surface area (Å²) < 4.78 is 13.0. The molecule has 1 heterocycles. The van der Waals surface area contributed by atoms with E-state index in [0.29, 0.717) is 11.4 Å². The number of nitrogens with one attached hydrogen (secondary N) is 2. The smallest absolute Gasteiger partial charge is 0.274 e. The second kappa shape index (κ2) is 7.65. The maximum Gasteiger partial charge on any atom is 0.274 e. The van der Waals surface area contributed by atoms with Crippen LogP contribution in [0.3, 0.4) is 0 Å². The summed E-state index contributed by atoms with van der Waals surface area (Å²) in [5.74, 6) is -0.601. The Kier molecular flexibility index (Phi) is 5.12. The molecule has 1 aromatic heterocycles. The number of aromatic nitrogens is 1. The van der Waals surface area contributed by atoms with Crippen molar-refractivity contribution in [1.29, 1.82) is 0 Å². The normalized spacial score (nSPS) is 10.3. The van der Waals surface area contributed by atoms with Gasteiger partial charge < -0.3 is 15.5 Å². The van der Waals surface area contributed by atoms with E-state index >= 15 is 0 Å². The van der Waals surface area contributed by atoms with Crippen LogP contribution in [0.2, 0.25) is 0 Å². The van der Waals surface area contributed by atoms with Gasteiger partial charge in [0.15, 0.2) is 0 Å². The van der Waals surface area contributed by atoms with E-state index in [4.69, 9.17) is 0 Å². The van der Waals surface area contributed by atoms with Crippen molar-refractivity contribution in [1.82, 2.24) is 4.98 Å². The molecule has 1 amide bonds. The molecule has 132 valence electrons. The highest BCUT2D eigenvalue weighted by molar-refractivity contribution is 6.03. The van der Waals surface area contributed by atoms with Crippen molar-refractivity contribution in [2.45, 2.75) is 0 Å². The summed E-state index contributed by atoms with van der Waals surface area (Å²) in [6.07, 6.45) is 1.55. The Hall–Kier alpha value is -3.41. The minimum absolute atomic E-state index is 0.286. The number of nitrogens with zero attached hydrogens (tertiary/aromatic N) is 2. The van der Waals surface area contributed by atoms with Crippen molar-refractivity contribution in [2.24, 2.45) is 0 Å². The molecule has 0 aliphatic carbocycles. The zero-order chi connectivity index (χ0) is 18.5. The molecule has 26 heavy (non-hydrogen) atoms. The van der Waals surface area contributed by atoms with Crippen molar-refractivity contribution < 1.29 is 9.18 Å². The first-order valence-corrected chi connectivity index (χ1v) is 8.09. The van der Waals surface area contributed by atoms with Gasteiger partial charge in [0.05, 0.1) is 0 Å². The summed E-state index contributed by atoms with van der Waals surface area (Å²) in [5, 5.41) is 5.94. The molecule has 0 spiro atoms. The Bertz CT molecular complexity index is 892. The molecule has 0 aliphatic rings. The van der Waals surface area contributed by atoms with E-state index in [2.05, 4.69) is 15.6 Å². The molecule has 3 rings (SSSR count). The highest BCUT2D eigenvalue weighted by atomic mass is 19.1. The van der Waals surface area contributed by atoms with E-state index in [1.165, 1.54) is 12.1 Å². The Morgan fingerprint density at radius 1 is 0.923 bits per heavy atom. The van der Waals surface area contributed by atoms with E-state index in [-0.39, 0.29) is 17.4 Å². The van der Waals surface area contributed by atoms with E-state index in [0.717, 1.165) is 11.4 Å². The first-order valence-electron chi connectivity index (χ1n) is 8.09. The second-order valence-electron chi connectivity index (χ2n) is 5.96. The molecule has 6 heteroatoms. The molecule has 0 saturated heterocycles. The number of anilines is 4. The highest BCUT2D eigenvalue weighted by Gasteiger charge is 2.09. The van der Waals surface area contributed by atoms with E-state index in [1.807, 2.05) is 43.3 Å². The molecule has 0 aliphatic heterocycles. The van der Waals surface area contributed by atoms with Gasteiger partial charge in [-0.2, -0.15) is 0 Å². The lowest BCUT2D eigenvalue weighted by molar-refractivity contribution is 0.102. The molecule has 0 bridgehead atoms. The van der Waals surface area contributed by atoms with Gasteiger partial charge in [-0.25, -0.2) is 4.39 Å².